The molecule has 0 bridgehead atoms. The number of hydrogen-bond donors (Lipinski definition) is 2. The van der Waals surface area contributed by atoms with E-state index < -0.39 is 29.2 Å². The number of amides is 2. The average molecular weight is 374 g/mol. The number of rotatable bonds is 3. The molecular weight excluding hydrogens is 354 g/mol. The maximum absolute atomic E-state index is 14.3. The molecule has 1 fully saturated rings. The molecule has 2 aromatic rings. The number of urea groups is 1. The lowest BCUT2D eigenvalue weighted by Crippen LogP contribution is -2.21. The number of benzene rings is 2. The molecule has 142 valence electrons. The maximum atomic E-state index is 14.3. The van der Waals surface area contributed by atoms with Gasteiger partial charge in [0, 0.05) is 22.4 Å². The third kappa shape index (κ3) is 4.07. The highest BCUT2D eigenvalue weighted by Crippen LogP contribution is 2.46. The third-order valence-electron chi connectivity index (χ3n) is 4.53. The zero-order valence-corrected chi connectivity index (χ0v) is 15.2. The fraction of sp³-hybridized carbons (Fsp3) is 0.300. The molecule has 2 aromatic carbocycles. The van der Waals surface area contributed by atoms with Gasteiger partial charge in [-0.05, 0) is 48.9 Å². The Morgan fingerprint density at radius 3 is 2.52 bits per heavy atom. The Bertz CT molecular complexity index is 912. The lowest BCUT2D eigenvalue weighted by Gasteiger charge is -2.24. The minimum atomic E-state index is -0.728. The van der Waals surface area contributed by atoms with Gasteiger partial charge in [-0.15, -0.1) is 0 Å². The minimum Gasteiger partial charge on any atom is -0.457 e. The minimum absolute atomic E-state index is 0.194. The Labute approximate surface area is 155 Å². The number of nitrogens with one attached hydrogen (secondary N) is 2. The molecule has 1 atom stereocenters. The van der Waals surface area contributed by atoms with E-state index in [9.17, 15) is 18.4 Å². The number of halogens is 2. The van der Waals surface area contributed by atoms with Gasteiger partial charge in [0.1, 0.15) is 17.7 Å². The molecule has 1 unspecified atom stereocenters. The van der Waals surface area contributed by atoms with Gasteiger partial charge in [0.15, 0.2) is 0 Å². The quantitative estimate of drug-likeness (QED) is 0.749. The number of anilines is 2. The Kier molecular flexibility index (Phi) is 4.87. The summed E-state index contributed by atoms with van der Waals surface area (Å²) in [5, 5.41) is 5.23. The van der Waals surface area contributed by atoms with Crippen LogP contribution in [0.4, 0.5) is 25.0 Å². The van der Waals surface area contributed by atoms with Gasteiger partial charge in [0.25, 0.3) is 0 Å². The number of aryl methyl sites for hydroxylation is 1. The fourth-order valence-corrected chi connectivity index (χ4v) is 3.16. The van der Waals surface area contributed by atoms with Gasteiger partial charge < -0.3 is 15.4 Å². The van der Waals surface area contributed by atoms with E-state index in [2.05, 4.69) is 10.6 Å². The predicted octanol–water partition coefficient (Wildman–Crippen LogP) is 4.93. The molecular formula is C20H20F2N2O3. The van der Waals surface area contributed by atoms with Crippen molar-refractivity contribution in [2.75, 3.05) is 10.6 Å². The van der Waals surface area contributed by atoms with Crippen LogP contribution in [0.15, 0.2) is 36.4 Å². The Hall–Kier alpha value is -2.96. The summed E-state index contributed by atoms with van der Waals surface area (Å²) in [6.45, 7) is 5.32. The third-order valence-corrected chi connectivity index (χ3v) is 4.53. The highest BCUT2D eigenvalue weighted by atomic mass is 19.1. The van der Waals surface area contributed by atoms with Crippen molar-refractivity contribution < 1.29 is 23.1 Å². The molecule has 1 heterocycles. The van der Waals surface area contributed by atoms with E-state index in [-0.39, 0.29) is 18.0 Å². The standard InChI is InChI=1S/C20H20F2N2O3/c1-11-8-12(21)4-7-16(11)24-19(26)23-13-5-6-15(22)14(9-13)18-20(2,3)10-17(25)27-18/h4-9,18H,10H2,1-3H3,(H2,23,24,26). The van der Waals surface area contributed by atoms with E-state index >= 15 is 0 Å². The van der Waals surface area contributed by atoms with Gasteiger partial charge in [0.2, 0.25) is 0 Å². The van der Waals surface area contributed by atoms with Crippen LogP contribution in [0, 0.1) is 24.0 Å². The average Bonchev–Trinajstić information content (AvgIpc) is 2.84. The first kappa shape index (κ1) is 18.8. The number of cyclic esters (lactones) is 1. The molecule has 0 saturated carbocycles. The summed E-state index contributed by atoms with van der Waals surface area (Å²) < 4.78 is 32.7. The van der Waals surface area contributed by atoms with Crippen LogP contribution < -0.4 is 10.6 Å². The second kappa shape index (κ2) is 6.98. The predicted molar refractivity (Wildman–Crippen MR) is 97.4 cm³/mol. The van der Waals surface area contributed by atoms with E-state index in [4.69, 9.17) is 4.74 Å². The molecule has 0 aromatic heterocycles. The second-order valence-electron chi connectivity index (χ2n) is 7.31. The van der Waals surface area contributed by atoms with Crippen LogP contribution >= 0.6 is 0 Å². The van der Waals surface area contributed by atoms with Gasteiger partial charge in [-0.1, -0.05) is 13.8 Å². The number of hydrogen-bond acceptors (Lipinski definition) is 3. The Morgan fingerprint density at radius 1 is 1.15 bits per heavy atom. The molecule has 2 N–H and O–H groups in total. The van der Waals surface area contributed by atoms with Crippen molar-refractivity contribution in [3.8, 4) is 0 Å². The lowest BCUT2D eigenvalue weighted by atomic mass is 9.82. The molecule has 3 rings (SSSR count). The monoisotopic (exact) mass is 374 g/mol. The van der Waals surface area contributed by atoms with E-state index in [0.29, 0.717) is 16.9 Å². The summed E-state index contributed by atoms with van der Waals surface area (Å²) in [6.07, 6.45) is -0.534. The molecule has 2 amide bonds. The highest BCUT2D eigenvalue weighted by molar-refractivity contribution is 6.00. The summed E-state index contributed by atoms with van der Waals surface area (Å²) in [4.78, 5) is 23.8. The molecule has 1 aliphatic heterocycles. The Balaban J connectivity index is 1.78. The maximum Gasteiger partial charge on any atom is 0.323 e. The van der Waals surface area contributed by atoms with Crippen LogP contribution in [0.25, 0.3) is 0 Å². The summed E-state index contributed by atoms with van der Waals surface area (Å²) in [6, 6.07) is 7.55. The SMILES string of the molecule is Cc1cc(F)ccc1NC(=O)Nc1ccc(F)c(C2OC(=O)CC2(C)C)c1. The summed E-state index contributed by atoms with van der Waals surface area (Å²) in [5.41, 5.74) is 1.04. The van der Waals surface area contributed by atoms with Crippen LogP contribution in [0.5, 0.6) is 0 Å². The van der Waals surface area contributed by atoms with Crippen molar-refractivity contribution in [3.63, 3.8) is 0 Å². The zero-order chi connectivity index (χ0) is 19.8. The first-order valence-corrected chi connectivity index (χ1v) is 8.49. The van der Waals surface area contributed by atoms with Gasteiger partial charge in [0.05, 0.1) is 6.42 Å². The molecule has 0 spiro atoms. The van der Waals surface area contributed by atoms with E-state index in [1.807, 2.05) is 13.8 Å². The first-order chi connectivity index (χ1) is 12.7. The molecule has 0 aliphatic carbocycles. The molecule has 5 nitrogen and oxygen atoms in total. The molecule has 0 radical (unpaired) electrons. The van der Waals surface area contributed by atoms with Crippen LogP contribution in [0.2, 0.25) is 0 Å². The fourth-order valence-electron chi connectivity index (χ4n) is 3.16. The lowest BCUT2D eigenvalue weighted by molar-refractivity contribution is -0.142. The van der Waals surface area contributed by atoms with Crippen molar-refractivity contribution in [1.29, 1.82) is 0 Å². The van der Waals surface area contributed by atoms with Gasteiger partial charge >= 0.3 is 12.0 Å². The molecule has 1 aliphatic rings. The molecule has 27 heavy (non-hydrogen) atoms. The molecule has 7 heteroatoms. The smallest absolute Gasteiger partial charge is 0.323 e. The number of carbonyl (C=O) groups excluding carboxylic acids is 2. The van der Waals surface area contributed by atoms with Gasteiger partial charge in [-0.25, -0.2) is 13.6 Å². The number of esters is 1. The van der Waals surface area contributed by atoms with Crippen molar-refractivity contribution in [3.05, 3.63) is 59.2 Å². The van der Waals surface area contributed by atoms with Crippen molar-refractivity contribution in [2.45, 2.75) is 33.3 Å². The molecule has 1 saturated heterocycles. The number of carbonyl (C=O) groups is 2. The largest absolute Gasteiger partial charge is 0.457 e. The van der Waals surface area contributed by atoms with Crippen LogP contribution in [0.1, 0.15) is 37.5 Å². The van der Waals surface area contributed by atoms with Crippen molar-refractivity contribution in [1.82, 2.24) is 0 Å². The van der Waals surface area contributed by atoms with Gasteiger partial charge in [-0.3, -0.25) is 4.79 Å². The van der Waals surface area contributed by atoms with E-state index in [0.717, 1.165) is 0 Å². The van der Waals surface area contributed by atoms with Gasteiger partial charge in [-0.2, -0.15) is 0 Å². The second-order valence-corrected chi connectivity index (χ2v) is 7.31. The normalized spacial score (nSPS) is 18.1. The topological polar surface area (TPSA) is 67.4 Å². The first-order valence-electron chi connectivity index (χ1n) is 8.49. The van der Waals surface area contributed by atoms with Crippen LogP contribution in [-0.4, -0.2) is 12.0 Å². The van der Waals surface area contributed by atoms with E-state index in [1.165, 1.54) is 36.4 Å². The van der Waals surface area contributed by atoms with Crippen molar-refractivity contribution in [2.24, 2.45) is 5.41 Å². The van der Waals surface area contributed by atoms with Crippen molar-refractivity contribution >= 4 is 23.4 Å². The van der Waals surface area contributed by atoms with E-state index in [1.54, 1.807) is 6.92 Å². The zero-order valence-electron chi connectivity index (χ0n) is 15.2. The van der Waals surface area contributed by atoms with Crippen LogP contribution in [0.3, 0.4) is 0 Å². The number of ether oxygens (including phenoxy) is 1. The summed E-state index contributed by atoms with van der Waals surface area (Å²) in [5.74, 6) is -1.29. The Morgan fingerprint density at radius 2 is 1.89 bits per heavy atom. The summed E-state index contributed by atoms with van der Waals surface area (Å²) >= 11 is 0. The summed E-state index contributed by atoms with van der Waals surface area (Å²) in [7, 11) is 0. The highest BCUT2D eigenvalue weighted by Gasteiger charge is 2.43. The van der Waals surface area contributed by atoms with Crippen LogP contribution in [-0.2, 0) is 9.53 Å².